The number of benzene rings is 1. The zero-order valence-electron chi connectivity index (χ0n) is 14.0. The molecule has 2 N–H and O–H groups in total. The molecule has 0 aliphatic heterocycles. The van der Waals surface area contributed by atoms with Gasteiger partial charge in [0.15, 0.2) is 0 Å². The molecule has 2 rings (SSSR count). The summed E-state index contributed by atoms with van der Waals surface area (Å²) in [6, 6.07) is 6.79. The van der Waals surface area contributed by atoms with Crippen molar-refractivity contribution in [3.8, 4) is 5.75 Å². The summed E-state index contributed by atoms with van der Waals surface area (Å²) in [4.78, 5) is 22.7. The molecule has 7 nitrogen and oxygen atoms in total. The van der Waals surface area contributed by atoms with Crippen LogP contribution in [0.2, 0.25) is 0 Å². The third-order valence-electron chi connectivity index (χ3n) is 3.23. The summed E-state index contributed by atoms with van der Waals surface area (Å²) < 4.78 is 5.13. The lowest BCUT2D eigenvalue weighted by Gasteiger charge is -2.16. The van der Waals surface area contributed by atoms with Crippen LogP contribution in [0.15, 0.2) is 24.3 Å². The van der Waals surface area contributed by atoms with Crippen LogP contribution in [0.1, 0.15) is 11.4 Å². The fourth-order valence-corrected chi connectivity index (χ4v) is 2.06. The van der Waals surface area contributed by atoms with E-state index in [1.165, 1.54) is 0 Å². The van der Waals surface area contributed by atoms with E-state index in [1.54, 1.807) is 25.3 Å². The smallest absolute Gasteiger partial charge is 0.323 e. The van der Waals surface area contributed by atoms with Gasteiger partial charge in [-0.3, -0.25) is 0 Å². The number of ether oxygens (including phenoxy) is 1. The Morgan fingerprint density at radius 2 is 1.78 bits per heavy atom. The van der Waals surface area contributed by atoms with Crippen molar-refractivity contribution < 1.29 is 9.53 Å². The van der Waals surface area contributed by atoms with Crippen LogP contribution < -0.4 is 20.3 Å². The molecule has 0 fully saturated rings. The number of nitrogens with zero attached hydrogens (tertiary/aromatic N) is 3. The standard InChI is InChI=1S/C16H21N5O2/c1-10-14(11(2)18-15(17-10)21(3)4)20-16(22)19-12-7-6-8-13(9-12)23-5/h6-9H,1-5H3,(H2,19,20,22). The molecule has 0 aliphatic rings. The van der Waals surface area contributed by atoms with Gasteiger partial charge in [-0.1, -0.05) is 6.07 Å². The van der Waals surface area contributed by atoms with E-state index in [2.05, 4.69) is 20.6 Å². The largest absolute Gasteiger partial charge is 0.497 e. The summed E-state index contributed by atoms with van der Waals surface area (Å²) in [5.41, 5.74) is 2.67. The Morgan fingerprint density at radius 3 is 2.35 bits per heavy atom. The van der Waals surface area contributed by atoms with Gasteiger partial charge >= 0.3 is 6.03 Å². The second-order valence-electron chi connectivity index (χ2n) is 5.27. The number of carbonyl (C=O) groups is 1. The molecule has 0 bridgehead atoms. The predicted octanol–water partition coefficient (Wildman–Crippen LogP) is 2.81. The van der Waals surface area contributed by atoms with Crippen LogP contribution in [0.4, 0.5) is 22.1 Å². The quantitative estimate of drug-likeness (QED) is 0.907. The Bertz CT molecular complexity index is 692. The minimum absolute atomic E-state index is 0.356. The highest BCUT2D eigenvalue weighted by atomic mass is 16.5. The van der Waals surface area contributed by atoms with Gasteiger partial charge in [-0.15, -0.1) is 0 Å². The minimum Gasteiger partial charge on any atom is -0.497 e. The van der Waals surface area contributed by atoms with Gasteiger partial charge in [-0.05, 0) is 26.0 Å². The molecule has 2 amide bonds. The maximum atomic E-state index is 12.2. The molecule has 122 valence electrons. The average Bonchev–Trinajstić information content (AvgIpc) is 2.50. The Kier molecular flexibility index (Phi) is 5.00. The number of amides is 2. The summed E-state index contributed by atoms with van der Waals surface area (Å²) in [7, 11) is 5.32. The second-order valence-corrected chi connectivity index (χ2v) is 5.27. The molecule has 0 spiro atoms. The third-order valence-corrected chi connectivity index (χ3v) is 3.23. The molecular formula is C16H21N5O2. The van der Waals surface area contributed by atoms with E-state index in [9.17, 15) is 4.79 Å². The second kappa shape index (κ2) is 6.95. The van der Waals surface area contributed by atoms with Crippen molar-refractivity contribution in [2.75, 3.05) is 36.7 Å². The van der Waals surface area contributed by atoms with Gasteiger partial charge in [-0.25, -0.2) is 14.8 Å². The van der Waals surface area contributed by atoms with Crippen molar-refractivity contribution in [3.63, 3.8) is 0 Å². The number of aryl methyl sites for hydroxylation is 2. The maximum absolute atomic E-state index is 12.2. The van der Waals surface area contributed by atoms with Crippen LogP contribution in [0, 0.1) is 13.8 Å². The fourth-order valence-electron chi connectivity index (χ4n) is 2.06. The van der Waals surface area contributed by atoms with E-state index in [1.807, 2.05) is 38.9 Å². The topological polar surface area (TPSA) is 79.4 Å². The molecule has 0 unspecified atom stereocenters. The minimum atomic E-state index is -0.356. The Morgan fingerprint density at radius 1 is 1.13 bits per heavy atom. The van der Waals surface area contributed by atoms with Crippen LogP contribution in [0.5, 0.6) is 5.75 Å². The molecular weight excluding hydrogens is 294 g/mol. The van der Waals surface area contributed by atoms with E-state index in [-0.39, 0.29) is 6.03 Å². The first kappa shape index (κ1) is 16.5. The summed E-state index contributed by atoms with van der Waals surface area (Å²) in [5.74, 6) is 1.28. The Hall–Kier alpha value is -2.83. The molecule has 1 aromatic carbocycles. The van der Waals surface area contributed by atoms with E-state index < -0.39 is 0 Å². The molecule has 0 saturated heterocycles. The number of urea groups is 1. The third kappa shape index (κ3) is 4.09. The highest BCUT2D eigenvalue weighted by Crippen LogP contribution is 2.21. The number of rotatable bonds is 4. The van der Waals surface area contributed by atoms with Crippen molar-refractivity contribution in [2.24, 2.45) is 0 Å². The normalized spacial score (nSPS) is 10.1. The number of nitrogens with one attached hydrogen (secondary N) is 2. The molecule has 0 radical (unpaired) electrons. The van der Waals surface area contributed by atoms with Crippen molar-refractivity contribution in [2.45, 2.75) is 13.8 Å². The number of methoxy groups -OCH3 is 1. The van der Waals surface area contributed by atoms with E-state index in [4.69, 9.17) is 4.74 Å². The van der Waals surface area contributed by atoms with Gasteiger partial charge in [0.2, 0.25) is 5.95 Å². The Balaban J connectivity index is 2.14. The van der Waals surface area contributed by atoms with E-state index >= 15 is 0 Å². The van der Waals surface area contributed by atoms with Gasteiger partial charge in [0, 0.05) is 25.8 Å². The number of carbonyl (C=O) groups excluding carboxylic acids is 1. The highest BCUT2D eigenvalue weighted by Gasteiger charge is 2.12. The lowest BCUT2D eigenvalue weighted by molar-refractivity contribution is 0.262. The van der Waals surface area contributed by atoms with Crippen molar-refractivity contribution >= 4 is 23.4 Å². The molecule has 7 heteroatoms. The fraction of sp³-hybridized carbons (Fsp3) is 0.312. The highest BCUT2D eigenvalue weighted by molar-refractivity contribution is 6.00. The van der Waals surface area contributed by atoms with Crippen LogP contribution in [-0.2, 0) is 0 Å². The van der Waals surface area contributed by atoms with Gasteiger partial charge in [0.05, 0.1) is 24.2 Å². The van der Waals surface area contributed by atoms with E-state index in [0.717, 1.165) is 0 Å². The summed E-state index contributed by atoms with van der Waals surface area (Å²) in [6.45, 7) is 3.67. The van der Waals surface area contributed by atoms with Gasteiger partial charge in [0.1, 0.15) is 5.75 Å². The molecule has 0 saturated carbocycles. The first-order valence-electron chi connectivity index (χ1n) is 7.15. The van der Waals surface area contributed by atoms with Crippen LogP contribution in [0.3, 0.4) is 0 Å². The predicted molar refractivity (Wildman–Crippen MR) is 91.5 cm³/mol. The van der Waals surface area contributed by atoms with Crippen LogP contribution in [0.25, 0.3) is 0 Å². The zero-order valence-corrected chi connectivity index (χ0v) is 14.0. The van der Waals surface area contributed by atoms with Crippen LogP contribution in [-0.4, -0.2) is 37.2 Å². The number of anilines is 3. The number of aromatic nitrogens is 2. The molecule has 1 aromatic heterocycles. The lowest BCUT2D eigenvalue weighted by atomic mass is 10.3. The number of hydrogen-bond donors (Lipinski definition) is 2. The molecule has 2 aromatic rings. The summed E-state index contributed by atoms with van der Waals surface area (Å²) >= 11 is 0. The zero-order chi connectivity index (χ0) is 17.0. The summed E-state index contributed by atoms with van der Waals surface area (Å²) in [6.07, 6.45) is 0. The Labute approximate surface area is 135 Å². The van der Waals surface area contributed by atoms with E-state index in [0.29, 0.717) is 34.5 Å². The maximum Gasteiger partial charge on any atom is 0.323 e. The average molecular weight is 315 g/mol. The van der Waals surface area contributed by atoms with Crippen molar-refractivity contribution in [3.05, 3.63) is 35.7 Å². The van der Waals surface area contributed by atoms with Gasteiger partial charge < -0.3 is 20.3 Å². The molecule has 0 aliphatic carbocycles. The lowest BCUT2D eigenvalue weighted by Crippen LogP contribution is -2.22. The first-order chi connectivity index (χ1) is 10.9. The van der Waals surface area contributed by atoms with Crippen LogP contribution >= 0.6 is 0 Å². The van der Waals surface area contributed by atoms with Gasteiger partial charge in [-0.2, -0.15) is 0 Å². The molecule has 23 heavy (non-hydrogen) atoms. The molecule has 1 heterocycles. The first-order valence-corrected chi connectivity index (χ1v) is 7.15. The van der Waals surface area contributed by atoms with Crippen molar-refractivity contribution in [1.82, 2.24) is 9.97 Å². The summed E-state index contributed by atoms with van der Waals surface area (Å²) in [5, 5.41) is 5.56. The van der Waals surface area contributed by atoms with Gasteiger partial charge in [0.25, 0.3) is 0 Å². The number of hydrogen-bond acceptors (Lipinski definition) is 5. The van der Waals surface area contributed by atoms with Crippen molar-refractivity contribution in [1.29, 1.82) is 0 Å². The SMILES string of the molecule is COc1cccc(NC(=O)Nc2c(C)nc(N(C)C)nc2C)c1. The molecule has 0 atom stereocenters. The monoisotopic (exact) mass is 315 g/mol.